The predicted octanol–water partition coefficient (Wildman–Crippen LogP) is 2.63. The van der Waals surface area contributed by atoms with Crippen LogP contribution in [0.25, 0.3) is 0 Å². The third kappa shape index (κ3) is 3.39. The van der Waals surface area contributed by atoms with Crippen LogP contribution in [0.1, 0.15) is 38.7 Å². The van der Waals surface area contributed by atoms with Gasteiger partial charge in [-0.15, -0.1) is 0 Å². The fourth-order valence-electron chi connectivity index (χ4n) is 2.63. The maximum atomic E-state index is 12.4. The molecule has 2 rings (SSSR count). The Bertz CT molecular complexity index is 551. The molecule has 6 heteroatoms. The second kappa shape index (κ2) is 6.22. The summed E-state index contributed by atoms with van der Waals surface area (Å²) in [7, 11) is 0. The lowest BCUT2D eigenvalue weighted by Crippen LogP contribution is -2.54. The Morgan fingerprint density at radius 2 is 2.24 bits per heavy atom. The molecule has 2 N–H and O–H groups in total. The summed E-state index contributed by atoms with van der Waals surface area (Å²) in [5.41, 5.74) is 0.589. The average Bonchev–Trinajstić information content (AvgIpc) is 2.47. The number of amides is 1. The van der Waals surface area contributed by atoms with Crippen molar-refractivity contribution in [2.45, 2.75) is 45.1 Å². The van der Waals surface area contributed by atoms with Crippen LogP contribution >= 0.6 is 0 Å². The van der Waals surface area contributed by atoms with Crippen molar-refractivity contribution in [1.29, 1.82) is 0 Å². The molecule has 21 heavy (non-hydrogen) atoms. The Morgan fingerprint density at radius 1 is 1.48 bits per heavy atom. The smallest absolute Gasteiger partial charge is 0.274 e. The van der Waals surface area contributed by atoms with E-state index in [1.807, 2.05) is 13.8 Å². The summed E-state index contributed by atoms with van der Waals surface area (Å²) in [5, 5.41) is 17.1. The second-order valence-electron chi connectivity index (χ2n) is 5.62. The fourth-order valence-corrected chi connectivity index (χ4v) is 2.63. The molecule has 1 aliphatic heterocycles. The highest BCUT2D eigenvalue weighted by atomic mass is 16.6. The van der Waals surface area contributed by atoms with Crippen molar-refractivity contribution in [3.8, 4) is 0 Å². The first-order chi connectivity index (χ1) is 9.96. The highest BCUT2D eigenvalue weighted by molar-refractivity contribution is 5.98. The van der Waals surface area contributed by atoms with Crippen LogP contribution in [0.5, 0.6) is 0 Å². The van der Waals surface area contributed by atoms with E-state index in [1.165, 1.54) is 6.07 Å². The quantitative estimate of drug-likeness (QED) is 0.659. The largest absolute Gasteiger partial charge is 0.324 e. The van der Waals surface area contributed by atoms with Gasteiger partial charge in [0.2, 0.25) is 5.91 Å². The molecule has 1 unspecified atom stereocenters. The Kier molecular flexibility index (Phi) is 4.57. The summed E-state index contributed by atoms with van der Waals surface area (Å²) in [6.45, 7) is 4.56. The van der Waals surface area contributed by atoms with Gasteiger partial charge in [0, 0.05) is 17.3 Å². The highest BCUT2D eigenvalue weighted by Gasteiger charge is 2.34. The molecule has 0 radical (unpaired) electrons. The van der Waals surface area contributed by atoms with E-state index in [0.29, 0.717) is 17.7 Å². The van der Waals surface area contributed by atoms with Crippen LogP contribution in [0.2, 0.25) is 0 Å². The number of nitro groups is 1. The monoisotopic (exact) mass is 291 g/mol. The summed E-state index contributed by atoms with van der Waals surface area (Å²) in [4.78, 5) is 23.0. The van der Waals surface area contributed by atoms with Gasteiger partial charge in [-0.1, -0.05) is 13.0 Å². The van der Waals surface area contributed by atoms with E-state index in [9.17, 15) is 14.9 Å². The number of nitro benzene ring substituents is 1. The molecule has 1 heterocycles. The van der Waals surface area contributed by atoms with E-state index >= 15 is 0 Å². The molecular formula is C15H21N3O3. The standard InChI is InChI=1S/C15H21N3O3/c1-3-11-6-7-12(10-13(11)18(20)21)17-14(19)15(2)8-4-5-9-16-15/h6-7,10,16H,3-5,8-9H2,1-2H3,(H,17,19). The number of benzene rings is 1. The van der Waals surface area contributed by atoms with Crippen LogP contribution < -0.4 is 10.6 Å². The van der Waals surface area contributed by atoms with Gasteiger partial charge in [-0.2, -0.15) is 0 Å². The lowest BCUT2D eigenvalue weighted by atomic mass is 9.90. The van der Waals surface area contributed by atoms with E-state index < -0.39 is 10.5 Å². The molecule has 1 fully saturated rings. The van der Waals surface area contributed by atoms with E-state index in [4.69, 9.17) is 0 Å². The van der Waals surface area contributed by atoms with E-state index in [0.717, 1.165) is 25.8 Å². The Morgan fingerprint density at radius 3 is 2.81 bits per heavy atom. The number of piperidine rings is 1. The number of aryl methyl sites for hydroxylation is 1. The minimum absolute atomic E-state index is 0.0528. The summed E-state index contributed by atoms with van der Waals surface area (Å²) in [6, 6.07) is 4.85. The van der Waals surface area contributed by atoms with Crippen molar-refractivity contribution in [2.24, 2.45) is 0 Å². The molecule has 1 atom stereocenters. The third-order valence-electron chi connectivity index (χ3n) is 4.04. The number of carbonyl (C=O) groups is 1. The zero-order chi connectivity index (χ0) is 15.5. The minimum atomic E-state index is -0.601. The molecular weight excluding hydrogens is 270 g/mol. The summed E-state index contributed by atoms with van der Waals surface area (Å²) in [5.74, 6) is -0.138. The van der Waals surface area contributed by atoms with Gasteiger partial charge in [0.05, 0.1) is 10.5 Å². The normalized spacial score (nSPS) is 21.8. The zero-order valence-electron chi connectivity index (χ0n) is 12.4. The van der Waals surface area contributed by atoms with Gasteiger partial charge in [-0.05, 0) is 45.2 Å². The van der Waals surface area contributed by atoms with Gasteiger partial charge < -0.3 is 10.6 Å². The SMILES string of the molecule is CCc1ccc(NC(=O)C2(C)CCCCN2)cc1[N+](=O)[O-]. The first-order valence-corrected chi connectivity index (χ1v) is 7.30. The van der Waals surface area contributed by atoms with E-state index in [1.54, 1.807) is 12.1 Å². The van der Waals surface area contributed by atoms with Crippen molar-refractivity contribution < 1.29 is 9.72 Å². The summed E-state index contributed by atoms with van der Waals surface area (Å²) in [6.07, 6.45) is 3.43. The lowest BCUT2D eigenvalue weighted by molar-refractivity contribution is -0.385. The van der Waals surface area contributed by atoms with Crippen molar-refractivity contribution in [2.75, 3.05) is 11.9 Å². The number of hydrogen-bond acceptors (Lipinski definition) is 4. The van der Waals surface area contributed by atoms with Crippen LogP contribution in [0, 0.1) is 10.1 Å². The van der Waals surface area contributed by atoms with Crippen LogP contribution in [0.3, 0.4) is 0 Å². The highest BCUT2D eigenvalue weighted by Crippen LogP contribution is 2.25. The predicted molar refractivity (Wildman–Crippen MR) is 81.4 cm³/mol. The number of anilines is 1. The fraction of sp³-hybridized carbons (Fsp3) is 0.533. The third-order valence-corrected chi connectivity index (χ3v) is 4.04. The van der Waals surface area contributed by atoms with Crippen LogP contribution in [0.4, 0.5) is 11.4 Å². The second-order valence-corrected chi connectivity index (χ2v) is 5.62. The number of rotatable bonds is 4. The number of carbonyl (C=O) groups excluding carboxylic acids is 1. The molecule has 0 saturated carbocycles. The van der Waals surface area contributed by atoms with E-state index in [-0.39, 0.29) is 11.6 Å². The topological polar surface area (TPSA) is 84.3 Å². The summed E-state index contributed by atoms with van der Waals surface area (Å²) >= 11 is 0. The van der Waals surface area contributed by atoms with Crippen molar-refractivity contribution in [3.63, 3.8) is 0 Å². The molecule has 114 valence electrons. The van der Waals surface area contributed by atoms with Gasteiger partial charge in [0.1, 0.15) is 0 Å². The van der Waals surface area contributed by atoms with Crippen molar-refractivity contribution in [3.05, 3.63) is 33.9 Å². The molecule has 1 aromatic carbocycles. The Labute approximate surface area is 124 Å². The molecule has 0 spiro atoms. The molecule has 0 aromatic heterocycles. The Hall–Kier alpha value is -1.95. The van der Waals surface area contributed by atoms with Crippen LogP contribution in [-0.2, 0) is 11.2 Å². The molecule has 1 saturated heterocycles. The van der Waals surface area contributed by atoms with E-state index in [2.05, 4.69) is 10.6 Å². The number of nitrogens with zero attached hydrogens (tertiary/aromatic N) is 1. The Balaban J connectivity index is 2.17. The van der Waals surface area contributed by atoms with Crippen LogP contribution in [0.15, 0.2) is 18.2 Å². The number of hydrogen-bond donors (Lipinski definition) is 2. The number of nitrogens with one attached hydrogen (secondary N) is 2. The maximum absolute atomic E-state index is 12.4. The van der Waals surface area contributed by atoms with Crippen molar-refractivity contribution >= 4 is 17.3 Å². The first-order valence-electron chi connectivity index (χ1n) is 7.30. The molecule has 6 nitrogen and oxygen atoms in total. The van der Waals surface area contributed by atoms with Crippen LogP contribution in [-0.4, -0.2) is 22.9 Å². The van der Waals surface area contributed by atoms with Gasteiger partial charge in [0.25, 0.3) is 5.69 Å². The lowest BCUT2D eigenvalue weighted by Gasteiger charge is -2.33. The molecule has 1 aliphatic rings. The molecule has 0 aliphatic carbocycles. The van der Waals surface area contributed by atoms with Gasteiger partial charge in [0.15, 0.2) is 0 Å². The minimum Gasteiger partial charge on any atom is -0.324 e. The maximum Gasteiger partial charge on any atom is 0.274 e. The van der Waals surface area contributed by atoms with Gasteiger partial charge in [-0.25, -0.2) is 0 Å². The average molecular weight is 291 g/mol. The summed E-state index contributed by atoms with van der Waals surface area (Å²) < 4.78 is 0. The zero-order valence-corrected chi connectivity index (χ0v) is 12.4. The molecule has 1 amide bonds. The molecule has 0 bridgehead atoms. The molecule has 1 aromatic rings. The van der Waals surface area contributed by atoms with Crippen molar-refractivity contribution in [1.82, 2.24) is 5.32 Å². The van der Waals surface area contributed by atoms with Gasteiger partial charge in [-0.3, -0.25) is 14.9 Å². The first kappa shape index (κ1) is 15.4. The van der Waals surface area contributed by atoms with Gasteiger partial charge >= 0.3 is 0 Å².